The number of carbonyl (C=O) groups excluding carboxylic acids is 1. The largest absolute Gasteiger partial charge is 0.480 e. The predicted octanol–water partition coefficient (Wildman–Crippen LogP) is -0.310. The molecule has 0 radical (unpaired) electrons. The summed E-state index contributed by atoms with van der Waals surface area (Å²) in [5.74, 6) is -0.0374. The van der Waals surface area contributed by atoms with E-state index in [1.54, 1.807) is 6.92 Å². The molecule has 0 aromatic heterocycles. The minimum atomic E-state index is -1.04. The molecule has 0 aliphatic heterocycles. The summed E-state index contributed by atoms with van der Waals surface area (Å²) in [7, 11) is 0. The van der Waals surface area contributed by atoms with E-state index in [4.69, 9.17) is 10.2 Å². The van der Waals surface area contributed by atoms with Crippen molar-refractivity contribution in [3.8, 4) is 0 Å². The Balaban J connectivity index is 3.61. The van der Waals surface area contributed by atoms with Gasteiger partial charge in [-0.3, -0.25) is 4.79 Å². The first-order valence-electron chi connectivity index (χ1n) is 4.26. The van der Waals surface area contributed by atoms with Gasteiger partial charge in [-0.2, -0.15) is 11.8 Å². The molecule has 14 heavy (non-hydrogen) atoms. The van der Waals surface area contributed by atoms with Crippen LogP contribution in [0.2, 0.25) is 0 Å². The van der Waals surface area contributed by atoms with Crippen molar-refractivity contribution in [2.24, 2.45) is 0 Å². The summed E-state index contributed by atoms with van der Waals surface area (Å²) in [5, 5.41) is 19.8. The summed E-state index contributed by atoms with van der Waals surface area (Å²) in [6.07, 6.45) is 0.636. The first-order chi connectivity index (χ1) is 6.57. The van der Waals surface area contributed by atoms with Crippen LogP contribution in [0.15, 0.2) is 0 Å². The van der Waals surface area contributed by atoms with Gasteiger partial charge < -0.3 is 15.5 Å². The zero-order chi connectivity index (χ0) is 11.0. The number of amides is 1. The molecule has 0 saturated heterocycles. The first-order valence-corrected chi connectivity index (χ1v) is 5.41. The Morgan fingerprint density at radius 3 is 2.71 bits per heavy atom. The second-order valence-corrected chi connectivity index (χ2v) is 4.04. The maximum Gasteiger partial charge on any atom is 0.327 e. The number of aliphatic carboxylic acids is 1. The smallest absolute Gasteiger partial charge is 0.327 e. The van der Waals surface area contributed by atoms with Gasteiger partial charge >= 0.3 is 5.97 Å². The number of nitrogens with one attached hydrogen (secondary N) is 1. The Morgan fingerprint density at radius 2 is 2.29 bits per heavy atom. The van der Waals surface area contributed by atoms with E-state index in [0.29, 0.717) is 24.3 Å². The monoisotopic (exact) mass is 221 g/mol. The van der Waals surface area contributed by atoms with Crippen LogP contribution in [0.3, 0.4) is 0 Å². The topological polar surface area (TPSA) is 86.6 Å². The molecule has 3 N–H and O–H groups in total. The first kappa shape index (κ1) is 13.2. The van der Waals surface area contributed by atoms with Crippen molar-refractivity contribution in [3.63, 3.8) is 0 Å². The fourth-order valence-electron chi connectivity index (χ4n) is 0.728. The van der Waals surface area contributed by atoms with E-state index < -0.39 is 12.0 Å². The number of carboxylic acid groups (broad SMARTS) is 1. The fourth-order valence-corrected chi connectivity index (χ4v) is 1.88. The van der Waals surface area contributed by atoms with Crippen molar-refractivity contribution in [3.05, 3.63) is 0 Å². The van der Waals surface area contributed by atoms with E-state index in [-0.39, 0.29) is 6.10 Å². The number of carboxylic acids is 1. The molecule has 1 amide bonds. The van der Waals surface area contributed by atoms with Gasteiger partial charge in [0.15, 0.2) is 0 Å². The molecule has 2 unspecified atom stereocenters. The summed E-state index contributed by atoms with van der Waals surface area (Å²) in [6.45, 7) is 1.68. The molecule has 0 fully saturated rings. The van der Waals surface area contributed by atoms with Crippen molar-refractivity contribution in [2.45, 2.75) is 25.5 Å². The van der Waals surface area contributed by atoms with E-state index >= 15 is 0 Å². The lowest BCUT2D eigenvalue weighted by Crippen LogP contribution is -2.37. The van der Waals surface area contributed by atoms with Gasteiger partial charge in [0.05, 0.1) is 6.10 Å². The highest BCUT2D eigenvalue weighted by Crippen LogP contribution is 2.06. The van der Waals surface area contributed by atoms with Crippen molar-refractivity contribution < 1.29 is 19.8 Å². The molecular formula is C8H15NO4S. The van der Waals surface area contributed by atoms with Crippen molar-refractivity contribution in [1.29, 1.82) is 0 Å². The lowest BCUT2D eigenvalue weighted by molar-refractivity contribution is -0.139. The number of hydrogen-bond acceptors (Lipinski definition) is 4. The molecule has 0 heterocycles. The predicted molar refractivity (Wildman–Crippen MR) is 54.2 cm³/mol. The van der Waals surface area contributed by atoms with Gasteiger partial charge in [-0.25, -0.2) is 4.79 Å². The number of rotatable bonds is 8. The van der Waals surface area contributed by atoms with Crippen LogP contribution >= 0.6 is 11.8 Å². The Labute approximate surface area is 86.9 Å². The molecule has 0 aliphatic rings. The lowest BCUT2D eigenvalue weighted by Gasteiger charge is -2.10. The zero-order valence-corrected chi connectivity index (χ0v) is 8.79. The summed E-state index contributed by atoms with van der Waals surface area (Å²) < 4.78 is 0. The van der Waals surface area contributed by atoms with E-state index in [0.717, 1.165) is 0 Å². The van der Waals surface area contributed by atoms with Crippen molar-refractivity contribution in [2.75, 3.05) is 11.5 Å². The van der Waals surface area contributed by atoms with Gasteiger partial charge in [0, 0.05) is 5.75 Å². The Kier molecular flexibility index (Phi) is 7.23. The summed E-state index contributed by atoms with van der Waals surface area (Å²) in [5.41, 5.74) is 0. The van der Waals surface area contributed by atoms with Crippen LogP contribution in [-0.2, 0) is 9.59 Å². The van der Waals surface area contributed by atoms with Gasteiger partial charge in [-0.1, -0.05) is 0 Å². The minimum Gasteiger partial charge on any atom is -0.480 e. The molecule has 0 aliphatic carbocycles. The quantitative estimate of drug-likeness (QED) is 0.386. The molecule has 6 heteroatoms. The molecule has 0 aromatic carbocycles. The second kappa shape index (κ2) is 7.64. The maximum absolute atomic E-state index is 10.5. The van der Waals surface area contributed by atoms with E-state index in [1.807, 2.05) is 0 Å². The Hall–Kier alpha value is -0.750. The second-order valence-electron chi connectivity index (χ2n) is 2.89. The Morgan fingerprint density at radius 1 is 1.64 bits per heavy atom. The third kappa shape index (κ3) is 6.73. The lowest BCUT2D eigenvalue weighted by atomic mass is 10.3. The molecular weight excluding hydrogens is 206 g/mol. The SMILES string of the molecule is CC(O)CCSCC(NC=O)C(=O)O. The van der Waals surface area contributed by atoms with Crippen LogP contribution in [0.25, 0.3) is 0 Å². The molecule has 0 aromatic rings. The summed E-state index contributed by atoms with van der Waals surface area (Å²) in [4.78, 5) is 20.6. The summed E-state index contributed by atoms with van der Waals surface area (Å²) in [6, 6.07) is -0.841. The van der Waals surface area contributed by atoms with Crippen LogP contribution in [-0.4, -0.2) is 46.2 Å². The zero-order valence-electron chi connectivity index (χ0n) is 7.97. The van der Waals surface area contributed by atoms with Gasteiger partial charge in [0.25, 0.3) is 0 Å². The Bertz CT molecular complexity index is 186. The highest BCUT2D eigenvalue weighted by atomic mass is 32.2. The van der Waals surface area contributed by atoms with E-state index in [9.17, 15) is 9.59 Å². The standard InChI is InChI=1S/C8H15NO4S/c1-6(11)2-3-14-4-7(8(12)13)9-5-10/h5-7,11H,2-4H2,1H3,(H,9,10)(H,12,13). The highest BCUT2D eigenvalue weighted by Gasteiger charge is 2.15. The summed E-state index contributed by atoms with van der Waals surface area (Å²) >= 11 is 1.40. The van der Waals surface area contributed by atoms with Gasteiger partial charge in [0.2, 0.25) is 6.41 Å². The van der Waals surface area contributed by atoms with Crippen LogP contribution in [0, 0.1) is 0 Å². The van der Waals surface area contributed by atoms with Crippen LogP contribution in [0.5, 0.6) is 0 Å². The average molecular weight is 221 g/mol. The van der Waals surface area contributed by atoms with Crippen molar-refractivity contribution >= 4 is 24.1 Å². The number of carbonyl (C=O) groups is 2. The molecule has 0 bridgehead atoms. The van der Waals surface area contributed by atoms with Gasteiger partial charge in [-0.15, -0.1) is 0 Å². The van der Waals surface area contributed by atoms with Crippen LogP contribution in [0.4, 0.5) is 0 Å². The third-order valence-corrected chi connectivity index (χ3v) is 2.63. The number of hydrogen-bond donors (Lipinski definition) is 3. The molecule has 0 rings (SSSR count). The number of thioether (sulfide) groups is 1. The molecule has 5 nitrogen and oxygen atoms in total. The molecule has 0 saturated carbocycles. The van der Waals surface area contributed by atoms with Crippen LogP contribution in [0.1, 0.15) is 13.3 Å². The van der Waals surface area contributed by atoms with Gasteiger partial charge in [0.1, 0.15) is 6.04 Å². The molecule has 2 atom stereocenters. The van der Waals surface area contributed by atoms with Crippen LogP contribution < -0.4 is 5.32 Å². The number of aliphatic hydroxyl groups is 1. The molecule has 0 spiro atoms. The third-order valence-electron chi connectivity index (χ3n) is 1.53. The average Bonchev–Trinajstić information content (AvgIpc) is 2.09. The molecule has 82 valence electrons. The fraction of sp³-hybridized carbons (Fsp3) is 0.750. The normalized spacial score (nSPS) is 14.4. The van der Waals surface area contributed by atoms with E-state index in [1.165, 1.54) is 11.8 Å². The minimum absolute atomic E-state index is 0.320. The highest BCUT2D eigenvalue weighted by molar-refractivity contribution is 7.99. The van der Waals surface area contributed by atoms with Crippen molar-refractivity contribution in [1.82, 2.24) is 5.32 Å². The maximum atomic E-state index is 10.5. The van der Waals surface area contributed by atoms with Gasteiger partial charge in [-0.05, 0) is 19.1 Å². The van der Waals surface area contributed by atoms with E-state index in [2.05, 4.69) is 5.32 Å². The number of aliphatic hydroxyl groups excluding tert-OH is 1.